The Hall–Kier alpha value is -1.69. The topological polar surface area (TPSA) is 58.1 Å². The maximum absolute atomic E-state index is 11.7. The summed E-state index contributed by atoms with van der Waals surface area (Å²) in [6.45, 7) is 3.64. The minimum atomic E-state index is 0.143. The molecule has 0 radical (unpaired) electrons. The molecule has 21 heavy (non-hydrogen) atoms. The van der Waals surface area contributed by atoms with Crippen LogP contribution in [0.4, 0.5) is 5.82 Å². The van der Waals surface area contributed by atoms with Gasteiger partial charge in [0, 0.05) is 35.4 Å². The highest BCUT2D eigenvalue weighted by molar-refractivity contribution is 9.10. The molecule has 1 saturated heterocycles. The van der Waals surface area contributed by atoms with Gasteiger partial charge in [0.1, 0.15) is 12.1 Å². The third kappa shape index (κ3) is 3.00. The van der Waals surface area contributed by atoms with Crippen LogP contribution in [-0.4, -0.2) is 39.9 Å². The van der Waals surface area contributed by atoms with Crippen molar-refractivity contribution in [2.45, 2.75) is 25.8 Å². The lowest BCUT2D eigenvalue weighted by molar-refractivity contribution is -0.127. The number of nitrogens with one attached hydrogen (secondary N) is 1. The van der Waals surface area contributed by atoms with E-state index in [1.807, 2.05) is 23.1 Å². The Kier molecular flexibility index (Phi) is 4.05. The molecule has 1 atom stereocenters. The minimum Gasteiger partial charge on any atom is -0.365 e. The van der Waals surface area contributed by atoms with E-state index < -0.39 is 0 Å². The van der Waals surface area contributed by atoms with E-state index in [-0.39, 0.29) is 11.9 Å². The van der Waals surface area contributed by atoms with Crippen molar-refractivity contribution in [2.24, 2.45) is 0 Å². The van der Waals surface area contributed by atoms with Crippen LogP contribution >= 0.6 is 15.9 Å². The van der Waals surface area contributed by atoms with Crippen LogP contribution in [0.1, 0.15) is 19.8 Å². The summed E-state index contributed by atoms with van der Waals surface area (Å²) in [5.74, 6) is 1.05. The second-order valence-corrected chi connectivity index (χ2v) is 6.20. The van der Waals surface area contributed by atoms with Crippen LogP contribution in [0.5, 0.6) is 0 Å². The van der Waals surface area contributed by atoms with Crippen molar-refractivity contribution < 1.29 is 4.79 Å². The Morgan fingerprint density at radius 2 is 2.29 bits per heavy atom. The van der Waals surface area contributed by atoms with Crippen LogP contribution in [0.2, 0.25) is 0 Å². The van der Waals surface area contributed by atoms with E-state index in [4.69, 9.17) is 0 Å². The van der Waals surface area contributed by atoms with E-state index >= 15 is 0 Å². The average Bonchev–Trinajstić information content (AvgIpc) is 2.85. The number of hydrogen-bond acceptors (Lipinski definition) is 4. The summed E-state index contributed by atoms with van der Waals surface area (Å²) in [6.07, 6.45) is 3.20. The number of anilines is 1. The molecule has 1 unspecified atom stereocenters. The standard InChI is InChI=1S/C15H17BrN4O/c1-10(8-20-7-3-6-13(20)21)19-15-11-4-2-5-12(16)14(11)17-9-18-15/h2,4-5,9-10H,3,6-8H2,1H3,(H,17,18,19). The van der Waals surface area contributed by atoms with Gasteiger partial charge < -0.3 is 10.2 Å². The summed E-state index contributed by atoms with van der Waals surface area (Å²) in [4.78, 5) is 22.2. The molecule has 2 aromatic rings. The van der Waals surface area contributed by atoms with E-state index in [9.17, 15) is 4.79 Å². The number of fused-ring (bicyclic) bond motifs is 1. The molecule has 110 valence electrons. The second kappa shape index (κ2) is 5.97. The molecular formula is C15H17BrN4O. The van der Waals surface area contributed by atoms with Gasteiger partial charge in [0.25, 0.3) is 0 Å². The van der Waals surface area contributed by atoms with Crippen molar-refractivity contribution in [3.8, 4) is 0 Å². The summed E-state index contributed by atoms with van der Waals surface area (Å²) in [5, 5.41) is 4.37. The molecule has 1 fully saturated rings. The first-order valence-electron chi connectivity index (χ1n) is 7.08. The third-order valence-corrected chi connectivity index (χ3v) is 4.30. The van der Waals surface area contributed by atoms with Crippen molar-refractivity contribution in [3.05, 3.63) is 29.0 Å². The Balaban J connectivity index is 1.78. The van der Waals surface area contributed by atoms with Gasteiger partial charge in [-0.05, 0) is 41.4 Å². The molecule has 0 saturated carbocycles. The van der Waals surface area contributed by atoms with Crippen LogP contribution < -0.4 is 5.32 Å². The number of nitrogens with zero attached hydrogens (tertiary/aromatic N) is 3. The molecule has 6 heteroatoms. The quantitative estimate of drug-likeness (QED) is 0.922. The van der Waals surface area contributed by atoms with E-state index in [0.29, 0.717) is 13.0 Å². The number of halogens is 1. The Bertz CT molecular complexity index is 676. The summed E-state index contributed by atoms with van der Waals surface area (Å²) in [5.41, 5.74) is 0.888. The molecule has 2 heterocycles. The normalized spacial score (nSPS) is 16.5. The maximum Gasteiger partial charge on any atom is 0.222 e. The van der Waals surface area contributed by atoms with Gasteiger partial charge in [0.15, 0.2) is 0 Å². The lowest BCUT2D eigenvalue weighted by atomic mass is 10.2. The lowest BCUT2D eigenvalue weighted by Crippen LogP contribution is -2.35. The van der Waals surface area contributed by atoms with E-state index in [0.717, 1.165) is 34.2 Å². The van der Waals surface area contributed by atoms with E-state index in [2.05, 4.69) is 38.1 Å². The molecule has 1 aliphatic heterocycles. The van der Waals surface area contributed by atoms with Crippen LogP contribution in [-0.2, 0) is 4.79 Å². The number of rotatable bonds is 4. The van der Waals surface area contributed by atoms with Crippen molar-refractivity contribution in [3.63, 3.8) is 0 Å². The average molecular weight is 349 g/mol. The molecule has 0 aliphatic carbocycles. The van der Waals surface area contributed by atoms with Gasteiger partial charge in [-0.1, -0.05) is 6.07 Å². The largest absolute Gasteiger partial charge is 0.365 e. The molecule has 1 amide bonds. The van der Waals surface area contributed by atoms with Crippen molar-refractivity contribution in [1.82, 2.24) is 14.9 Å². The first kappa shape index (κ1) is 14.3. The highest BCUT2D eigenvalue weighted by Crippen LogP contribution is 2.26. The van der Waals surface area contributed by atoms with Crippen LogP contribution in [0.15, 0.2) is 29.0 Å². The third-order valence-electron chi connectivity index (χ3n) is 3.66. The zero-order valence-corrected chi connectivity index (χ0v) is 13.4. The number of hydrogen-bond donors (Lipinski definition) is 1. The summed E-state index contributed by atoms with van der Waals surface area (Å²) < 4.78 is 0.952. The van der Waals surface area contributed by atoms with Crippen molar-refractivity contribution in [2.75, 3.05) is 18.4 Å². The van der Waals surface area contributed by atoms with Crippen molar-refractivity contribution in [1.29, 1.82) is 0 Å². The molecule has 1 aromatic carbocycles. The van der Waals surface area contributed by atoms with Crippen LogP contribution in [0.25, 0.3) is 10.9 Å². The predicted octanol–water partition coefficient (Wildman–Crippen LogP) is 2.82. The maximum atomic E-state index is 11.7. The highest BCUT2D eigenvalue weighted by atomic mass is 79.9. The number of para-hydroxylation sites is 1. The SMILES string of the molecule is CC(CN1CCCC1=O)Nc1ncnc2c(Br)cccc12. The minimum absolute atomic E-state index is 0.143. The zero-order chi connectivity index (χ0) is 14.8. The Morgan fingerprint density at radius 3 is 3.05 bits per heavy atom. The molecule has 3 rings (SSSR count). The van der Waals surface area contributed by atoms with E-state index in [1.165, 1.54) is 0 Å². The number of amides is 1. The molecule has 1 aromatic heterocycles. The van der Waals surface area contributed by atoms with Gasteiger partial charge in [-0.2, -0.15) is 0 Å². The number of carbonyl (C=O) groups excluding carboxylic acids is 1. The van der Waals surface area contributed by atoms with E-state index in [1.54, 1.807) is 6.33 Å². The Morgan fingerprint density at radius 1 is 1.43 bits per heavy atom. The monoisotopic (exact) mass is 348 g/mol. The lowest BCUT2D eigenvalue weighted by Gasteiger charge is -2.22. The highest BCUT2D eigenvalue weighted by Gasteiger charge is 2.22. The number of benzene rings is 1. The molecule has 0 bridgehead atoms. The zero-order valence-electron chi connectivity index (χ0n) is 11.8. The number of likely N-dealkylation sites (tertiary alicyclic amines) is 1. The predicted molar refractivity (Wildman–Crippen MR) is 86.1 cm³/mol. The fraction of sp³-hybridized carbons (Fsp3) is 0.400. The molecule has 1 N–H and O–H groups in total. The first-order chi connectivity index (χ1) is 10.1. The van der Waals surface area contributed by atoms with Gasteiger partial charge in [-0.25, -0.2) is 9.97 Å². The van der Waals surface area contributed by atoms with Crippen LogP contribution in [0.3, 0.4) is 0 Å². The summed E-state index contributed by atoms with van der Waals surface area (Å²) in [7, 11) is 0. The number of aromatic nitrogens is 2. The smallest absolute Gasteiger partial charge is 0.222 e. The molecule has 0 spiro atoms. The number of carbonyl (C=O) groups is 1. The second-order valence-electron chi connectivity index (χ2n) is 5.35. The van der Waals surface area contributed by atoms with Gasteiger partial charge in [0.05, 0.1) is 5.52 Å². The summed E-state index contributed by atoms with van der Waals surface area (Å²) >= 11 is 3.51. The summed E-state index contributed by atoms with van der Waals surface area (Å²) in [6, 6.07) is 6.07. The molecule has 1 aliphatic rings. The van der Waals surface area contributed by atoms with Gasteiger partial charge in [-0.15, -0.1) is 0 Å². The van der Waals surface area contributed by atoms with Gasteiger partial charge >= 0.3 is 0 Å². The van der Waals surface area contributed by atoms with Crippen molar-refractivity contribution >= 4 is 38.6 Å². The fourth-order valence-electron chi connectivity index (χ4n) is 2.67. The molecular weight excluding hydrogens is 332 g/mol. The fourth-order valence-corrected chi connectivity index (χ4v) is 3.14. The van der Waals surface area contributed by atoms with Crippen LogP contribution in [0, 0.1) is 0 Å². The first-order valence-corrected chi connectivity index (χ1v) is 7.88. The molecule has 5 nitrogen and oxygen atoms in total. The van der Waals surface area contributed by atoms with Gasteiger partial charge in [-0.3, -0.25) is 4.79 Å². The van der Waals surface area contributed by atoms with Gasteiger partial charge in [0.2, 0.25) is 5.91 Å². The Labute approximate surface area is 131 Å².